The number of anilines is 2. The van der Waals surface area contributed by atoms with E-state index in [1.807, 2.05) is 0 Å². The van der Waals surface area contributed by atoms with Crippen LogP contribution in [-0.4, -0.2) is 6.54 Å². The van der Waals surface area contributed by atoms with Crippen LogP contribution in [0, 0.1) is 11.7 Å². The number of benzene rings is 1. The molecule has 15 heavy (non-hydrogen) atoms. The predicted octanol–water partition coefficient (Wildman–Crippen LogP) is 3.01. The molecule has 0 heterocycles. The summed E-state index contributed by atoms with van der Waals surface area (Å²) in [6, 6.07) is 4.43. The molecule has 0 amide bonds. The molecule has 0 saturated heterocycles. The molecule has 3 heteroatoms. The molecule has 1 aliphatic rings. The zero-order valence-corrected chi connectivity index (χ0v) is 8.80. The van der Waals surface area contributed by atoms with Crippen molar-refractivity contribution >= 4 is 11.4 Å². The molecule has 1 fully saturated rings. The third kappa shape index (κ3) is 3.11. The van der Waals surface area contributed by atoms with Gasteiger partial charge in [-0.2, -0.15) is 0 Å². The molecule has 0 aliphatic heterocycles. The minimum atomic E-state index is -0.242. The third-order valence-electron chi connectivity index (χ3n) is 2.82. The van der Waals surface area contributed by atoms with E-state index in [1.165, 1.54) is 31.4 Å². The highest BCUT2D eigenvalue weighted by molar-refractivity contribution is 5.65. The largest absolute Gasteiger partial charge is 0.397 e. The summed E-state index contributed by atoms with van der Waals surface area (Å²) in [7, 11) is 0. The molecule has 0 aromatic heterocycles. The maximum atomic E-state index is 12.9. The number of hydrogen-bond donors (Lipinski definition) is 2. The lowest BCUT2D eigenvalue weighted by Gasteiger charge is -2.08. The molecule has 0 atom stereocenters. The summed E-state index contributed by atoms with van der Waals surface area (Å²) in [6.45, 7) is 0.879. The van der Waals surface area contributed by atoms with Crippen molar-refractivity contribution in [2.24, 2.45) is 5.92 Å². The number of nitrogens with one attached hydrogen (secondary N) is 1. The lowest BCUT2D eigenvalue weighted by Crippen LogP contribution is -2.04. The minimum absolute atomic E-state index is 0.242. The summed E-state index contributed by atoms with van der Waals surface area (Å²) < 4.78 is 12.9. The fraction of sp³-hybridized carbons (Fsp3) is 0.500. The van der Waals surface area contributed by atoms with E-state index in [0.717, 1.165) is 18.9 Å². The maximum absolute atomic E-state index is 12.9. The lowest BCUT2D eigenvalue weighted by molar-refractivity contribution is 0.628. The van der Waals surface area contributed by atoms with Crippen molar-refractivity contribution < 1.29 is 4.39 Å². The zero-order valence-electron chi connectivity index (χ0n) is 8.80. The normalized spacial score (nSPS) is 15.3. The van der Waals surface area contributed by atoms with E-state index in [1.54, 1.807) is 6.07 Å². The SMILES string of the molecule is Nc1ccc(F)cc1NCCCC1CC1. The molecule has 1 saturated carbocycles. The van der Waals surface area contributed by atoms with Gasteiger partial charge in [0.1, 0.15) is 5.82 Å². The fourth-order valence-electron chi connectivity index (χ4n) is 1.70. The Morgan fingerprint density at radius 3 is 2.93 bits per heavy atom. The Hall–Kier alpha value is -1.25. The van der Waals surface area contributed by atoms with Crippen LogP contribution in [0.1, 0.15) is 25.7 Å². The Kier molecular flexibility index (Phi) is 3.09. The molecule has 0 bridgehead atoms. The number of nitrogen functional groups attached to an aromatic ring is 1. The molecule has 1 aromatic rings. The van der Waals surface area contributed by atoms with E-state index >= 15 is 0 Å². The topological polar surface area (TPSA) is 38.0 Å². The van der Waals surface area contributed by atoms with Crippen LogP contribution < -0.4 is 11.1 Å². The Morgan fingerprint density at radius 1 is 1.40 bits per heavy atom. The first-order valence-corrected chi connectivity index (χ1v) is 5.54. The highest BCUT2D eigenvalue weighted by Crippen LogP contribution is 2.33. The van der Waals surface area contributed by atoms with Crippen molar-refractivity contribution in [2.75, 3.05) is 17.6 Å². The highest BCUT2D eigenvalue weighted by atomic mass is 19.1. The number of halogens is 1. The van der Waals surface area contributed by atoms with Crippen molar-refractivity contribution in [2.45, 2.75) is 25.7 Å². The van der Waals surface area contributed by atoms with Crippen LogP contribution in [0.15, 0.2) is 18.2 Å². The molecule has 1 aromatic carbocycles. The minimum Gasteiger partial charge on any atom is -0.397 e. The van der Waals surface area contributed by atoms with Gasteiger partial charge in [-0.15, -0.1) is 0 Å². The maximum Gasteiger partial charge on any atom is 0.125 e. The summed E-state index contributed by atoms with van der Waals surface area (Å²) in [5.74, 6) is 0.713. The molecule has 0 unspecified atom stereocenters. The summed E-state index contributed by atoms with van der Waals surface area (Å²) in [4.78, 5) is 0. The Labute approximate surface area is 89.7 Å². The average molecular weight is 208 g/mol. The predicted molar refractivity (Wildman–Crippen MR) is 61.3 cm³/mol. The Bertz CT molecular complexity index is 334. The molecule has 2 rings (SSSR count). The van der Waals surface area contributed by atoms with Gasteiger partial charge in [-0.05, 0) is 37.0 Å². The van der Waals surface area contributed by atoms with Gasteiger partial charge in [-0.25, -0.2) is 4.39 Å². The second-order valence-electron chi connectivity index (χ2n) is 4.24. The van der Waals surface area contributed by atoms with Crippen LogP contribution in [0.25, 0.3) is 0 Å². The van der Waals surface area contributed by atoms with E-state index < -0.39 is 0 Å². The van der Waals surface area contributed by atoms with Crippen molar-refractivity contribution in [1.82, 2.24) is 0 Å². The standard InChI is InChI=1S/C12H17FN2/c13-10-5-6-11(14)12(8-10)15-7-1-2-9-3-4-9/h5-6,8-9,15H,1-4,7,14H2. The second kappa shape index (κ2) is 4.51. The van der Waals surface area contributed by atoms with Gasteiger partial charge in [-0.3, -0.25) is 0 Å². The smallest absolute Gasteiger partial charge is 0.125 e. The first kappa shape index (κ1) is 10.3. The first-order valence-electron chi connectivity index (χ1n) is 5.54. The highest BCUT2D eigenvalue weighted by Gasteiger charge is 2.19. The summed E-state index contributed by atoms with van der Waals surface area (Å²) >= 11 is 0. The zero-order chi connectivity index (χ0) is 10.7. The second-order valence-corrected chi connectivity index (χ2v) is 4.24. The average Bonchev–Trinajstić information content (AvgIpc) is 3.01. The van der Waals surface area contributed by atoms with Gasteiger partial charge in [0.25, 0.3) is 0 Å². The number of nitrogens with two attached hydrogens (primary N) is 1. The van der Waals surface area contributed by atoms with Crippen molar-refractivity contribution in [3.63, 3.8) is 0 Å². The molecule has 0 radical (unpaired) electrons. The van der Waals surface area contributed by atoms with Crippen molar-refractivity contribution in [3.05, 3.63) is 24.0 Å². The van der Waals surface area contributed by atoms with Gasteiger partial charge in [-0.1, -0.05) is 12.8 Å². The van der Waals surface area contributed by atoms with E-state index in [-0.39, 0.29) is 5.82 Å². The molecule has 82 valence electrons. The van der Waals surface area contributed by atoms with Crippen molar-refractivity contribution in [3.8, 4) is 0 Å². The molecular weight excluding hydrogens is 191 g/mol. The molecular formula is C12H17FN2. The third-order valence-corrected chi connectivity index (χ3v) is 2.82. The summed E-state index contributed by atoms with van der Waals surface area (Å²) in [6.07, 6.45) is 5.20. The van der Waals surface area contributed by atoms with Crippen LogP contribution in [-0.2, 0) is 0 Å². The Balaban J connectivity index is 1.78. The lowest BCUT2D eigenvalue weighted by atomic mass is 10.2. The van der Waals surface area contributed by atoms with Crippen LogP contribution in [0.2, 0.25) is 0 Å². The number of hydrogen-bond acceptors (Lipinski definition) is 2. The summed E-state index contributed by atoms with van der Waals surface area (Å²) in [5.41, 5.74) is 7.04. The first-order chi connectivity index (χ1) is 7.25. The van der Waals surface area contributed by atoms with E-state index in [9.17, 15) is 4.39 Å². The van der Waals surface area contributed by atoms with Crippen LogP contribution in [0.3, 0.4) is 0 Å². The van der Waals surface area contributed by atoms with E-state index in [2.05, 4.69) is 5.32 Å². The quantitative estimate of drug-likeness (QED) is 0.576. The number of rotatable bonds is 5. The van der Waals surface area contributed by atoms with Gasteiger partial charge in [0.15, 0.2) is 0 Å². The molecule has 2 nitrogen and oxygen atoms in total. The monoisotopic (exact) mass is 208 g/mol. The van der Waals surface area contributed by atoms with Crippen LogP contribution in [0.5, 0.6) is 0 Å². The van der Waals surface area contributed by atoms with Gasteiger partial charge < -0.3 is 11.1 Å². The molecule has 3 N–H and O–H groups in total. The van der Waals surface area contributed by atoms with E-state index in [4.69, 9.17) is 5.73 Å². The van der Waals surface area contributed by atoms with Crippen LogP contribution in [0.4, 0.5) is 15.8 Å². The van der Waals surface area contributed by atoms with Gasteiger partial charge in [0, 0.05) is 6.54 Å². The van der Waals surface area contributed by atoms with E-state index in [0.29, 0.717) is 11.4 Å². The van der Waals surface area contributed by atoms with Crippen LogP contribution >= 0.6 is 0 Å². The van der Waals surface area contributed by atoms with Gasteiger partial charge >= 0.3 is 0 Å². The molecule has 0 spiro atoms. The molecule has 1 aliphatic carbocycles. The van der Waals surface area contributed by atoms with Gasteiger partial charge in [0.2, 0.25) is 0 Å². The van der Waals surface area contributed by atoms with Gasteiger partial charge in [0.05, 0.1) is 11.4 Å². The van der Waals surface area contributed by atoms with Crippen molar-refractivity contribution in [1.29, 1.82) is 0 Å². The fourth-order valence-corrected chi connectivity index (χ4v) is 1.70. The summed E-state index contributed by atoms with van der Waals surface area (Å²) in [5, 5.41) is 3.17. The Morgan fingerprint density at radius 2 is 2.20 bits per heavy atom.